The van der Waals surface area contributed by atoms with Gasteiger partial charge < -0.3 is 14.2 Å². The van der Waals surface area contributed by atoms with Crippen LogP contribution in [0.5, 0.6) is 0 Å². The third-order valence-corrected chi connectivity index (χ3v) is 1.91. The fraction of sp³-hybridized carbons (Fsp3) is 0.750. The van der Waals surface area contributed by atoms with Gasteiger partial charge in [-0.05, 0) is 20.3 Å². The van der Waals surface area contributed by atoms with Gasteiger partial charge in [0.1, 0.15) is 12.6 Å². The van der Waals surface area contributed by atoms with Gasteiger partial charge in [-0.1, -0.05) is 12.2 Å². The van der Waals surface area contributed by atoms with Crippen LogP contribution in [-0.4, -0.2) is 39.0 Å². The second-order valence-corrected chi connectivity index (χ2v) is 3.61. The topological polar surface area (TPSA) is 44.8 Å². The van der Waals surface area contributed by atoms with Gasteiger partial charge in [-0.3, -0.25) is 4.79 Å². The molecular formula is C12H22O4. The number of Topliss-reactive ketones (excluding diaryl/α,β-unsaturated/α-hetero) is 1. The van der Waals surface area contributed by atoms with Crippen molar-refractivity contribution < 1.29 is 19.0 Å². The highest BCUT2D eigenvalue weighted by Gasteiger charge is 1.98. The molecule has 0 aromatic heterocycles. The van der Waals surface area contributed by atoms with Gasteiger partial charge in [0.25, 0.3) is 0 Å². The Balaban J connectivity index is 3.33. The maximum Gasteiger partial charge on any atom is 0.147 e. The first-order chi connectivity index (χ1) is 7.66. The summed E-state index contributed by atoms with van der Waals surface area (Å²) in [6.45, 7) is 4.95. The molecule has 0 amide bonds. The Hall–Kier alpha value is -0.710. The van der Waals surface area contributed by atoms with Crippen LogP contribution in [0.3, 0.4) is 0 Å². The zero-order valence-corrected chi connectivity index (χ0v) is 10.4. The number of carbonyl (C=O) groups excluding carboxylic acids is 1. The van der Waals surface area contributed by atoms with E-state index in [1.807, 2.05) is 19.1 Å². The van der Waals surface area contributed by atoms with Crippen LogP contribution in [0.15, 0.2) is 12.2 Å². The molecule has 0 fully saturated rings. The summed E-state index contributed by atoms with van der Waals surface area (Å²) in [7, 11) is 1.63. The standard InChI is InChI=1S/C12H22O4/c1-11(13)6-4-5-7-12(2)16-10-15-9-8-14-3/h4-5,12H,6-10H2,1-3H3/b5-4-. The summed E-state index contributed by atoms with van der Waals surface area (Å²) in [4.78, 5) is 10.6. The van der Waals surface area contributed by atoms with E-state index in [4.69, 9.17) is 14.2 Å². The quantitative estimate of drug-likeness (QED) is 0.327. The Morgan fingerprint density at radius 1 is 1.31 bits per heavy atom. The summed E-state index contributed by atoms with van der Waals surface area (Å²) in [5.74, 6) is 0.174. The number of carbonyl (C=O) groups is 1. The molecule has 0 spiro atoms. The van der Waals surface area contributed by atoms with Gasteiger partial charge in [-0.25, -0.2) is 0 Å². The van der Waals surface area contributed by atoms with Crippen LogP contribution in [0, 0.1) is 0 Å². The number of hydrogen-bond acceptors (Lipinski definition) is 4. The van der Waals surface area contributed by atoms with Crippen molar-refractivity contribution >= 4 is 5.78 Å². The minimum Gasteiger partial charge on any atom is -0.382 e. The van der Waals surface area contributed by atoms with Crippen molar-refractivity contribution in [3.63, 3.8) is 0 Å². The molecule has 0 aliphatic carbocycles. The minimum absolute atomic E-state index is 0.103. The Bertz CT molecular complexity index is 201. The fourth-order valence-corrected chi connectivity index (χ4v) is 0.971. The zero-order valence-electron chi connectivity index (χ0n) is 10.4. The summed E-state index contributed by atoms with van der Waals surface area (Å²) in [6.07, 6.45) is 5.22. The van der Waals surface area contributed by atoms with E-state index in [2.05, 4.69) is 0 Å². The maximum absolute atomic E-state index is 10.6. The second-order valence-electron chi connectivity index (χ2n) is 3.61. The number of rotatable bonds is 10. The molecule has 1 atom stereocenters. The number of ether oxygens (including phenoxy) is 3. The number of ketones is 1. The van der Waals surface area contributed by atoms with E-state index in [1.54, 1.807) is 14.0 Å². The maximum atomic E-state index is 10.6. The molecule has 0 rings (SSSR count). The van der Waals surface area contributed by atoms with Gasteiger partial charge in [0, 0.05) is 13.5 Å². The summed E-state index contributed by atoms with van der Waals surface area (Å²) < 4.78 is 15.4. The molecule has 0 aromatic rings. The lowest BCUT2D eigenvalue weighted by Gasteiger charge is -2.10. The molecule has 0 aliphatic heterocycles. The van der Waals surface area contributed by atoms with Crippen LogP contribution < -0.4 is 0 Å². The van der Waals surface area contributed by atoms with Crippen LogP contribution in [0.2, 0.25) is 0 Å². The normalized spacial score (nSPS) is 13.2. The van der Waals surface area contributed by atoms with E-state index in [-0.39, 0.29) is 18.7 Å². The molecular weight excluding hydrogens is 208 g/mol. The summed E-state index contributed by atoms with van der Waals surface area (Å²) in [6, 6.07) is 0. The Kier molecular flexibility index (Phi) is 10.3. The fourth-order valence-electron chi connectivity index (χ4n) is 0.971. The van der Waals surface area contributed by atoms with Gasteiger partial charge in [0.2, 0.25) is 0 Å². The number of hydrogen-bond donors (Lipinski definition) is 0. The van der Waals surface area contributed by atoms with E-state index >= 15 is 0 Å². The van der Waals surface area contributed by atoms with Crippen molar-refractivity contribution in [1.82, 2.24) is 0 Å². The van der Waals surface area contributed by atoms with Crippen molar-refractivity contribution in [3.05, 3.63) is 12.2 Å². The molecule has 0 saturated carbocycles. The van der Waals surface area contributed by atoms with E-state index in [0.717, 1.165) is 6.42 Å². The molecule has 0 bridgehead atoms. The highest BCUT2D eigenvalue weighted by molar-refractivity contribution is 5.76. The van der Waals surface area contributed by atoms with Crippen LogP contribution >= 0.6 is 0 Å². The van der Waals surface area contributed by atoms with Crippen LogP contribution in [0.4, 0.5) is 0 Å². The summed E-state index contributed by atoms with van der Waals surface area (Å²) >= 11 is 0. The molecule has 0 radical (unpaired) electrons. The molecule has 1 unspecified atom stereocenters. The Morgan fingerprint density at radius 2 is 2.06 bits per heavy atom. The van der Waals surface area contributed by atoms with Gasteiger partial charge in [-0.2, -0.15) is 0 Å². The lowest BCUT2D eigenvalue weighted by molar-refractivity contribution is -0.116. The molecule has 0 N–H and O–H groups in total. The van der Waals surface area contributed by atoms with Crippen molar-refractivity contribution in [2.45, 2.75) is 32.8 Å². The molecule has 0 saturated heterocycles. The molecule has 16 heavy (non-hydrogen) atoms. The van der Waals surface area contributed by atoms with Gasteiger partial charge in [0.15, 0.2) is 0 Å². The monoisotopic (exact) mass is 230 g/mol. The van der Waals surface area contributed by atoms with Crippen molar-refractivity contribution in [2.24, 2.45) is 0 Å². The number of allylic oxidation sites excluding steroid dienone is 1. The minimum atomic E-state index is 0.103. The van der Waals surface area contributed by atoms with Crippen LogP contribution in [0.25, 0.3) is 0 Å². The van der Waals surface area contributed by atoms with Crippen LogP contribution in [-0.2, 0) is 19.0 Å². The van der Waals surface area contributed by atoms with E-state index in [9.17, 15) is 4.79 Å². The van der Waals surface area contributed by atoms with E-state index in [1.165, 1.54) is 0 Å². The molecule has 4 heteroatoms. The molecule has 0 heterocycles. The average Bonchev–Trinajstić information content (AvgIpc) is 2.24. The molecule has 94 valence electrons. The third kappa shape index (κ3) is 11.4. The Labute approximate surface area is 97.6 Å². The predicted octanol–water partition coefficient (Wildman–Crippen LogP) is 1.94. The zero-order chi connectivity index (χ0) is 12.2. The van der Waals surface area contributed by atoms with E-state index < -0.39 is 0 Å². The molecule has 0 aliphatic rings. The van der Waals surface area contributed by atoms with Crippen molar-refractivity contribution in [3.8, 4) is 0 Å². The molecule has 0 aromatic carbocycles. The first-order valence-corrected chi connectivity index (χ1v) is 5.49. The number of methoxy groups -OCH3 is 1. The Morgan fingerprint density at radius 3 is 2.69 bits per heavy atom. The lowest BCUT2D eigenvalue weighted by atomic mass is 10.2. The van der Waals surface area contributed by atoms with Gasteiger partial charge in [0.05, 0.1) is 19.3 Å². The van der Waals surface area contributed by atoms with Gasteiger partial charge in [-0.15, -0.1) is 0 Å². The van der Waals surface area contributed by atoms with E-state index in [0.29, 0.717) is 19.6 Å². The highest BCUT2D eigenvalue weighted by atomic mass is 16.7. The largest absolute Gasteiger partial charge is 0.382 e. The van der Waals surface area contributed by atoms with Crippen molar-refractivity contribution in [1.29, 1.82) is 0 Å². The average molecular weight is 230 g/mol. The predicted molar refractivity (Wildman–Crippen MR) is 62.3 cm³/mol. The molecule has 4 nitrogen and oxygen atoms in total. The summed E-state index contributed by atoms with van der Waals surface area (Å²) in [5, 5.41) is 0. The lowest BCUT2D eigenvalue weighted by Crippen LogP contribution is -2.12. The highest BCUT2D eigenvalue weighted by Crippen LogP contribution is 1.99. The van der Waals surface area contributed by atoms with Gasteiger partial charge >= 0.3 is 0 Å². The summed E-state index contributed by atoms with van der Waals surface area (Å²) in [5.41, 5.74) is 0. The smallest absolute Gasteiger partial charge is 0.147 e. The van der Waals surface area contributed by atoms with Crippen LogP contribution in [0.1, 0.15) is 26.7 Å². The first-order valence-electron chi connectivity index (χ1n) is 5.49. The van der Waals surface area contributed by atoms with Crippen molar-refractivity contribution in [2.75, 3.05) is 27.1 Å². The first kappa shape index (κ1) is 15.3. The second kappa shape index (κ2) is 10.8. The third-order valence-electron chi connectivity index (χ3n) is 1.91. The SMILES string of the molecule is COCCOCOC(C)C/C=C\CC(C)=O.